The van der Waals surface area contributed by atoms with E-state index in [0.29, 0.717) is 35.8 Å². The van der Waals surface area contributed by atoms with Crippen molar-refractivity contribution >= 4 is 5.97 Å². The summed E-state index contributed by atoms with van der Waals surface area (Å²) in [7, 11) is 1.60. The molecule has 156 valence electrons. The number of carbonyl (C=O) groups is 1. The van der Waals surface area contributed by atoms with E-state index >= 15 is 0 Å². The van der Waals surface area contributed by atoms with Crippen LogP contribution in [0.4, 0.5) is 0 Å². The Bertz CT molecular complexity index is 1010. The second-order valence-corrected chi connectivity index (χ2v) is 7.43. The van der Waals surface area contributed by atoms with Crippen LogP contribution in [0.15, 0.2) is 48.7 Å². The van der Waals surface area contributed by atoms with Crippen LogP contribution < -0.4 is 9.47 Å². The molecule has 3 rings (SSSR count). The van der Waals surface area contributed by atoms with E-state index in [1.54, 1.807) is 31.6 Å². The molecule has 1 atom stereocenters. The number of rotatable bonds is 6. The van der Waals surface area contributed by atoms with Crippen molar-refractivity contribution in [2.45, 2.75) is 25.4 Å². The summed E-state index contributed by atoms with van der Waals surface area (Å²) >= 11 is 0. The molecule has 1 unspecified atom stereocenters. The zero-order valence-corrected chi connectivity index (χ0v) is 17.1. The molecule has 0 radical (unpaired) electrons. The summed E-state index contributed by atoms with van der Waals surface area (Å²) in [5.74, 6) is 5.83. The van der Waals surface area contributed by atoms with E-state index in [-0.39, 0.29) is 11.0 Å². The summed E-state index contributed by atoms with van der Waals surface area (Å²) in [6.07, 6.45) is 2.53. The molecule has 0 aromatic heterocycles. The van der Waals surface area contributed by atoms with Crippen molar-refractivity contribution < 1.29 is 29.2 Å². The lowest BCUT2D eigenvalue weighted by atomic mass is 9.81. The van der Waals surface area contributed by atoms with E-state index in [4.69, 9.17) is 19.3 Å². The minimum Gasteiger partial charge on any atom is -0.487 e. The van der Waals surface area contributed by atoms with Crippen LogP contribution in [0.5, 0.6) is 11.5 Å². The molecular weight excluding hydrogens is 384 g/mol. The summed E-state index contributed by atoms with van der Waals surface area (Å²) in [6.45, 7) is 4.87. The monoisotopic (exact) mass is 408 g/mol. The second kappa shape index (κ2) is 9.04. The highest BCUT2D eigenvalue weighted by molar-refractivity contribution is 5.87. The highest BCUT2D eigenvalue weighted by Gasteiger charge is 2.29. The minimum absolute atomic E-state index is 0.184. The van der Waals surface area contributed by atoms with Crippen LogP contribution in [0.2, 0.25) is 0 Å². The van der Waals surface area contributed by atoms with Gasteiger partial charge in [-0.05, 0) is 48.0 Å². The van der Waals surface area contributed by atoms with Gasteiger partial charge in [0, 0.05) is 23.7 Å². The number of allylic oxidation sites excluding steroid dienone is 1. The van der Waals surface area contributed by atoms with Crippen LogP contribution >= 0.6 is 0 Å². The molecule has 0 fully saturated rings. The first kappa shape index (κ1) is 21.4. The molecule has 0 amide bonds. The quantitative estimate of drug-likeness (QED) is 0.560. The number of ether oxygens (including phenoxy) is 3. The van der Waals surface area contributed by atoms with E-state index < -0.39 is 12.1 Å². The maximum atomic E-state index is 10.9. The van der Waals surface area contributed by atoms with Crippen LogP contribution in [0, 0.1) is 11.8 Å². The molecule has 6 heteroatoms. The third-order valence-electron chi connectivity index (χ3n) is 4.79. The van der Waals surface area contributed by atoms with Gasteiger partial charge in [0.15, 0.2) is 11.5 Å². The van der Waals surface area contributed by atoms with Gasteiger partial charge in [-0.15, -0.1) is 0 Å². The lowest BCUT2D eigenvalue weighted by molar-refractivity contribution is 0.0697. The summed E-state index contributed by atoms with van der Waals surface area (Å²) < 4.78 is 16.6. The van der Waals surface area contributed by atoms with Crippen molar-refractivity contribution in [1.29, 1.82) is 0 Å². The number of aliphatic hydroxyl groups is 1. The third-order valence-corrected chi connectivity index (χ3v) is 4.79. The fourth-order valence-corrected chi connectivity index (χ4v) is 3.02. The largest absolute Gasteiger partial charge is 0.487 e. The van der Waals surface area contributed by atoms with Gasteiger partial charge >= 0.3 is 5.97 Å². The van der Waals surface area contributed by atoms with Gasteiger partial charge in [-0.1, -0.05) is 25.7 Å². The zero-order chi connectivity index (χ0) is 21.7. The molecule has 2 aromatic rings. The van der Waals surface area contributed by atoms with Gasteiger partial charge in [-0.3, -0.25) is 0 Å². The van der Waals surface area contributed by atoms with E-state index in [0.717, 1.165) is 5.56 Å². The number of fused-ring (bicyclic) bond motifs is 1. The first-order valence-electron chi connectivity index (χ1n) is 9.49. The van der Waals surface area contributed by atoms with Crippen molar-refractivity contribution in [2.24, 2.45) is 0 Å². The smallest absolute Gasteiger partial charge is 0.335 e. The molecule has 1 aliphatic rings. The zero-order valence-electron chi connectivity index (χ0n) is 17.1. The fourth-order valence-electron chi connectivity index (χ4n) is 3.02. The number of hydrogen-bond acceptors (Lipinski definition) is 5. The predicted molar refractivity (Wildman–Crippen MR) is 112 cm³/mol. The van der Waals surface area contributed by atoms with Gasteiger partial charge in [-0.2, -0.15) is 0 Å². The molecule has 0 bridgehead atoms. The highest BCUT2D eigenvalue weighted by Crippen LogP contribution is 2.44. The Hall–Kier alpha value is -3.27. The van der Waals surface area contributed by atoms with Gasteiger partial charge in [0.05, 0.1) is 18.4 Å². The van der Waals surface area contributed by atoms with E-state index in [9.17, 15) is 9.90 Å². The molecule has 0 saturated heterocycles. The Kier molecular flexibility index (Phi) is 6.46. The number of benzene rings is 2. The molecule has 0 aliphatic carbocycles. The molecule has 1 heterocycles. The molecule has 0 saturated carbocycles. The number of carboxylic acid groups (broad SMARTS) is 1. The van der Waals surface area contributed by atoms with Gasteiger partial charge in [-0.25, -0.2) is 4.79 Å². The Morgan fingerprint density at radius 3 is 2.60 bits per heavy atom. The van der Waals surface area contributed by atoms with Crippen LogP contribution in [-0.4, -0.2) is 36.5 Å². The topological polar surface area (TPSA) is 85.2 Å². The molecular formula is C24H24O6. The Labute approximate surface area is 175 Å². The highest BCUT2D eigenvalue weighted by atomic mass is 16.5. The molecule has 6 nitrogen and oxygen atoms in total. The summed E-state index contributed by atoms with van der Waals surface area (Å²) in [4.78, 5) is 10.9. The van der Waals surface area contributed by atoms with Crippen molar-refractivity contribution in [3.05, 3.63) is 71.0 Å². The van der Waals surface area contributed by atoms with Gasteiger partial charge < -0.3 is 24.4 Å². The summed E-state index contributed by atoms with van der Waals surface area (Å²) in [6, 6.07) is 9.76. The SMILES string of the molecule is COCCOc1cc(C(O)C#Cc2ccc(C(=O)O)cc2)cc2c1OC=CC2(C)C. The molecule has 1 aliphatic heterocycles. The van der Waals surface area contributed by atoms with E-state index in [1.165, 1.54) is 12.1 Å². The van der Waals surface area contributed by atoms with E-state index in [1.807, 2.05) is 12.1 Å². The maximum Gasteiger partial charge on any atom is 0.335 e. The summed E-state index contributed by atoms with van der Waals surface area (Å²) in [5.41, 5.74) is 1.97. The number of aromatic carboxylic acids is 1. The van der Waals surface area contributed by atoms with Gasteiger partial charge in [0.2, 0.25) is 0 Å². The van der Waals surface area contributed by atoms with Crippen molar-refractivity contribution in [1.82, 2.24) is 0 Å². The number of aliphatic hydroxyl groups excluding tert-OH is 1. The van der Waals surface area contributed by atoms with Crippen LogP contribution in [-0.2, 0) is 10.2 Å². The Balaban J connectivity index is 1.91. The molecule has 30 heavy (non-hydrogen) atoms. The maximum absolute atomic E-state index is 10.9. The van der Waals surface area contributed by atoms with Gasteiger partial charge in [0.25, 0.3) is 0 Å². The van der Waals surface area contributed by atoms with Gasteiger partial charge in [0.1, 0.15) is 12.7 Å². The fraction of sp³-hybridized carbons (Fsp3) is 0.292. The van der Waals surface area contributed by atoms with Crippen molar-refractivity contribution in [3.8, 4) is 23.3 Å². The van der Waals surface area contributed by atoms with Crippen molar-refractivity contribution in [2.75, 3.05) is 20.3 Å². The first-order valence-corrected chi connectivity index (χ1v) is 9.49. The molecule has 2 aromatic carbocycles. The summed E-state index contributed by atoms with van der Waals surface area (Å²) in [5, 5.41) is 19.7. The standard InChI is InChI=1S/C24H24O6/c1-24(2)10-11-30-22-19(24)14-18(15-21(22)29-13-12-28-3)20(25)9-6-16-4-7-17(8-5-16)23(26)27/h4-5,7-8,10-11,14-15,20,25H,12-13H2,1-3H3,(H,26,27). The van der Waals surface area contributed by atoms with Crippen molar-refractivity contribution in [3.63, 3.8) is 0 Å². The van der Waals surface area contributed by atoms with Crippen LogP contribution in [0.25, 0.3) is 0 Å². The normalized spacial score (nSPS) is 14.7. The number of hydrogen-bond donors (Lipinski definition) is 2. The number of carboxylic acids is 1. The Morgan fingerprint density at radius 1 is 1.20 bits per heavy atom. The van der Waals surface area contributed by atoms with E-state index in [2.05, 4.69) is 25.7 Å². The molecule has 2 N–H and O–H groups in total. The molecule has 0 spiro atoms. The second-order valence-electron chi connectivity index (χ2n) is 7.43. The first-order chi connectivity index (χ1) is 14.3. The predicted octanol–water partition coefficient (Wildman–Crippen LogP) is 3.68. The average Bonchev–Trinajstić information content (AvgIpc) is 2.72. The Morgan fingerprint density at radius 2 is 1.93 bits per heavy atom. The third kappa shape index (κ3) is 4.82. The average molecular weight is 408 g/mol. The van der Waals surface area contributed by atoms with Crippen LogP contribution in [0.3, 0.4) is 0 Å². The lowest BCUT2D eigenvalue weighted by Gasteiger charge is -2.29. The van der Waals surface area contributed by atoms with Crippen LogP contribution in [0.1, 0.15) is 47.0 Å². The minimum atomic E-state index is -1.05. The number of methoxy groups -OCH3 is 1. The lowest BCUT2D eigenvalue weighted by Crippen LogP contribution is -2.20.